The molecule has 2 rings (SSSR count). The molecule has 2 unspecified atom stereocenters. The van der Waals surface area contributed by atoms with Gasteiger partial charge in [0.15, 0.2) is 29.0 Å². The van der Waals surface area contributed by atoms with Crippen LogP contribution in [0.2, 0.25) is 0 Å². The number of hydroxylamine groups is 2. The zero-order valence-electron chi connectivity index (χ0n) is 22.7. The maximum absolute atomic E-state index is 13.1. The molecule has 0 saturated heterocycles. The van der Waals surface area contributed by atoms with E-state index in [9.17, 15) is 49.5 Å². The number of hydrogen-bond donors (Lipinski definition) is 9. The van der Waals surface area contributed by atoms with Crippen LogP contribution in [-0.4, -0.2) is 91.9 Å². The number of amides is 3. The average Bonchev–Trinajstić information content (AvgIpc) is 2.95. The fraction of sp³-hybridized carbons (Fsp3) is 0.308. The fourth-order valence-electron chi connectivity index (χ4n) is 3.68. The lowest BCUT2D eigenvalue weighted by molar-refractivity contribution is -0.153. The number of nitrogens with two attached hydrogens (primary N) is 2. The van der Waals surface area contributed by atoms with Gasteiger partial charge >= 0.3 is 11.9 Å². The highest BCUT2D eigenvalue weighted by Gasteiger charge is 2.28. The minimum absolute atomic E-state index is 0.0446. The van der Waals surface area contributed by atoms with Gasteiger partial charge in [0.2, 0.25) is 12.3 Å². The van der Waals surface area contributed by atoms with Crippen molar-refractivity contribution >= 4 is 36.1 Å². The first kappa shape index (κ1) is 33.5. The van der Waals surface area contributed by atoms with Gasteiger partial charge in [0.05, 0.1) is 12.1 Å². The number of phenols is 4. The van der Waals surface area contributed by atoms with Gasteiger partial charge < -0.3 is 52.5 Å². The molecule has 2 aromatic rings. The van der Waals surface area contributed by atoms with Crippen molar-refractivity contribution in [3.63, 3.8) is 0 Å². The van der Waals surface area contributed by atoms with E-state index in [0.717, 1.165) is 18.2 Å². The fourth-order valence-corrected chi connectivity index (χ4v) is 3.68. The number of carboxylic acid groups (broad SMARTS) is 1. The molecule has 0 aliphatic rings. The van der Waals surface area contributed by atoms with Crippen LogP contribution in [0.5, 0.6) is 23.0 Å². The van der Waals surface area contributed by atoms with Crippen molar-refractivity contribution in [1.29, 1.82) is 0 Å². The van der Waals surface area contributed by atoms with Gasteiger partial charge in [-0.3, -0.25) is 19.4 Å². The number of aliphatic carboxylic acids is 1. The number of rotatable bonds is 16. The summed E-state index contributed by atoms with van der Waals surface area (Å²) in [5.74, 6) is -7.27. The first-order valence-electron chi connectivity index (χ1n) is 12.7. The highest BCUT2D eigenvalue weighted by Crippen LogP contribution is 2.29. The van der Waals surface area contributed by atoms with Gasteiger partial charge in [-0.1, -0.05) is 12.1 Å². The molecule has 2 aromatic carbocycles. The molecule has 0 saturated carbocycles. The molecule has 0 spiro atoms. The molecular weight excluding hydrogens is 572 g/mol. The van der Waals surface area contributed by atoms with Crippen LogP contribution in [0.25, 0.3) is 0 Å². The number of nitrogens with zero attached hydrogens (tertiary/aromatic N) is 2. The predicted octanol–water partition coefficient (Wildman–Crippen LogP) is -0.759. The van der Waals surface area contributed by atoms with E-state index >= 15 is 0 Å². The number of carbonyl (C=O) groups excluding carboxylic acids is 4. The Hall–Kier alpha value is -5.74. The number of carboxylic acids is 1. The van der Waals surface area contributed by atoms with Crippen molar-refractivity contribution in [2.75, 3.05) is 13.1 Å². The van der Waals surface area contributed by atoms with Crippen LogP contribution in [0.1, 0.15) is 46.4 Å². The van der Waals surface area contributed by atoms with Crippen LogP contribution in [0.4, 0.5) is 0 Å². The molecule has 0 radical (unpaired) electrons. The Kier molecular flexibility index (Phi) is 12.4. The third kappa shape index (κ3) is 9.99. The van der Waals surface area contributed by atoms with Crippen LogP contribution in [0.3, 0.4) is 0 Å². The standard InChI is InChI=1S/C26H32N6O11/c27-26(28)29-11-3-7-16(30-22(38)14-5-1-9-18(34)20(14)36)23(39)31-17(24(40)41)8-4-12-32(13-33)43-25(42)15-6-2-10-19(35)21(15)37/h1-2,5-6,9-10,13,16-17,34-37H,3-4,7-8,11-12H2,(H,30,38)(H,31,39)(H,40,41)(H4,27,28,29). The summed E-state index contributed by atoms with van der Waals surface area (Å²) in [6.45, 7) is -0.216. The van der Waals surface area contributed by atoms with Crippen molar-refractivity contribution in [3.8, 4) is 23.0 Å². The summed E-state index contributed by atoms with van der Waals surface area (Å²) < 4.78 is 0. The number of hydrogen-bond acceptors (Lipinski definition) is 11. The molecule has 17 heteroatoms. The predicted molar refractivity (Wildman–Crippen MR) is 148 cm³/mol. The van der Waals surface area contributed by atoms with Crippen molar-refractivity contribution in [2.24, 2.45) is 16.5 Å². The minimum atomic E-state index is -1.50. The van der Waals surface area contributed by atoms with E-state index < -0.39 is 64.4 Å². The third-order valence-corrected chi connectivity index (χ3v) is 5.86. The summed E-state index contributed by atoms with van der Waals surface area (Å²) in [5.41, 5.74) is 9.83. The number of guanidine groups is 1. The number of benzene rings is 2. The Morgan fingerprint density at radius 3 is 2.05 bits per heavy atom. The van der Waals surface area contributed by atoms with Crippen molar-refractivity contribution < 1.29 is 54.3 Å². The van der Waals surface area contributed by atoms with Gasteiger partial charge in [0, 0.05) is 6.54 Å². The largest absolute Gasteiger partial charge is 0.504 e. The minimum Gasteiger partial charge on any atom is -0.504 e. The molecule has 11 N–H and O–H groups in total. The average molecular weight is 605 g/mol. The lowest BCUT2D eigenvalue weighted by Gasteiger charge is -2.22. The Bertz CT molecular complexity index is 1360. The monoisotopic (exact) mass is 604 g/mol. The highest BCUT2D eigenvalue weighted by molar-refractivity contribution is 6.00. The molecule has 0 bridgehead atoms. The summed E-state index contributed by atoms with van der Waals surface area (Å²) in [4.78, 5) is 70.0. The summed E-state index contributed by atoms with van der Waals surface area (Å²) in [6.07, 6.45) is -0.0488. The van der Waals surface area contributed by atoms with Gasteiger partial charge in [0.25, 0.3) is 5.91 Å². The van der Waals surface area contributed by atoms with Crippen molar-refractivity contribution in [2.45, 2.75) is 37.8 Å². The maximum Gasteiger partial charge on any atom is 0.367 e. The number of aliphatic imine (C=N–C) groups is 1. The highest BCUT2D eigenvalue weighted by atomic mass is 16.7. The molecule has 17 nitrogen and oxygen atoms in total. The molecule has 0 heterocycles. The summed E-state index contributed by atoms with van der Waals surface area (Å²) in [5, 5.41) is 53.9. The van der Waals surface area contributed by atoms with E-state index in [2.05, 4.69) is 15.6 Å². The zero-order chi connectivity index (χ0) is 32.1. The second-order valence-corrected chi connectivity index (χ2v) is 8.99. The number of nitrogens with one attached hydrogen (secondary N) is 2. The number of phenolic OH excluding ortho intramolecular Hbond substituents is 4. The SMILES string of the molecule is NC(N)=NCCCC(NC(=O)c1cccc(O)c1O)C(=O)NC(CCCN(C=O)OC(=O)c1cccc(O)c1O)C(=O)O. The quantitative estimate of drug-likeness (QED) is 0.0285. The van der Waals surface area contributed by atoms with E-state index in [4.69, 9.17) is 16.3 Å². The molecule has 0 aromatic heterocycles. The molecular formula is C26H32N6O11. The van der Waals surface area contributed by atoms with Crippen LogP contribution < -0.4 is 22.1 Å². The first-order chi connectivity index (χ1) is 20.3. The second kappa shape index (κ2) is 15.9. The second-order valence-electron chi connectivity index (χ2n) is 8.99. The Morgan fingerprint density at radius 1 is 0.884 bits per heavy atom. The van der Waals surface area contributed by atoms with Crippen LogP contribution >= 0.6 is 0 Å². The van der Waals surface area contributed by atoms with E-state index in [1.165, 1.54) is 18.2 Å². The van der Waals surface area contributed by atoms with Crippen molar-refractivity contribution in [3.05, 3.63) is 47.5 Å². The van der Waals surface area contributed by atoms with Crippen LogP contribution in [0.15, 0.2) is 41.4 Å². The van der Waals surface area contributed by atoms with Gasteiger partial charge in [0.1, 0.15) is 17.6 Å². The number of para-hydroxylation sites is 2. The van der Waals surface area contributed by atoms with E-state index in [-0.39, 0.29) is 56.7 Å². The summed E-state index contributed by atoms with van der Waals surface area (Å²) in [6, 6.07) is 4.36. The van der Waals surface area contributed by atoms with Gasteiger partial charge in [-0.05, 0) is 49.9 Å². The smallest absolute Gasteiger partial charge is 0.367 e. The Balaban J connectivity index is 2.06. The Labute approximate surface area is 244 Å². The third-order valence-electron chi connectivity index (χ3n) is 5.86. The number of aromatic hydroxyl groups is 4. The topological polar surface area (TPSA) is 287 Å². The molecule has 2 atom stereocenters. The molecule has 0 aliphatic carbocycles. The maximum atomic E-state index is 13.1. The van der Waals surface area contributed by atoms with Gasteiger partial charge in [-0.2, -0.15) is 5.06 Å². The van der Waals surface area contributed by atoms with E-state index in [1.807, 2.05) is 0 Å². The molecule has 3 amide bonds. The summed E-state index contributed by atoms with van der Waals surface area (Å²) >= 11 is 0. The van der Waals surface area contributed by atoms with Crippen molar-refractivity contribution in [1.82, 2.24) is 15.7 Å². The molecule has 0 fully saturated rings. The van der Waals surface area contributed by atoms with E-state index in [1.54, 1.807) is 0 Å². The van der Waals surface area contributed by atoms with Gasteiger partial charge in [-0.25, -0.2) is 9.59 Å². The molecule has 0 aliphatic heterocycles. The van der Waals surface area contributed by atoms with Crippen LogP contribution in [0, 0.1) is 0 Å². The lowest BCUT2D eigenvalue weighted by Crippen LogP contribution is -2.51. The lowest BCUT2D eigenvalue weighted by atomic mass is 10.1. The molecule has 43 heavy (non-hydrogen) atoms. The molecule has 232 valence electrons. The first-order valence-corrected chi connectivity index (χ1v) is 12.7. The summed E-state index contributed by atoms with van der Waals surface area (Å²) in [7, 11) is 0. The number of carbonyl (C=O) groups is 5. The van der Waals surface area contributed by atoms with E-state index in [0.29, 0.717) is 5.06 Å². The van der Waals surface area contributed by atoms with Gasteiger partial charge in [-0.15, -0.1) is 0 Å². The van der Waals surface area contributed by atoms with Crippen LogP contribution in [-0.2, 0) is 19.2 Å². The normalized spacial score (nSPS) is 11.8. The Morgan fingerprint density at radius 2 is 1.47 bits per heavy atom. The zero-order valence-corrected chi connectivity index (χ0v) is 22.7.